The molecule has 0 saturated carbocycles. The van der Waals surface area contributed by atoms with E-state index in [4.69, 9.17) is 9.84 Å². The van der Waals surface area contributed by atoms with E-state index in [2.05, 4.69) is 29.1 Å². The molecule has 1 aliphatic heterocycles. The predicted octanol–water partition coefficient (Wildman–Crippen LogP) is 3.62. The number of hydrogen-bond acceptors (Lipinski definition) is 4. The summed E-state index contributed by atoms with van der Waals surface area (Å²) in [5.74, 6) is 1.05. The number of rotatable bonds is 7. The molecular weight excluding hydrogens is 388 g/mol. The molecule has 0 radical (unpaired) electrons. The summed E-state index contributed by atoms with van der Waals surface area (Å²) in [5, 5.41) is 8.51. The number of carbonyl (C=O) groups is 1. The number of benzene rings is 1. The summed E-state index contributed by atoms with van der Waals surface area (Å²) in [6.45, 7) is 5.60. The fourth-order valence-corrected chi connectivity index (χ4v) is 4.97. The van der Waals surface area contributed by atoms with Gasteiger partial charge in [0.1, 0.15) is 5.75 Å². The summed E-state index contributed by atoms with van der Waals surface area (Å²) in [4.78, 5) is 15.4. The Morgan fingerprint density at radius 1 is 1.23 bits per heavy atom. The van der Waals surface area contributed by atoms with E-state index in [1.54, 1.807) is 7.11 Å². The minimum atomic E-state index is 0.141. The van der Waals surface area contributed by atoms with Gasteiger partial charge in [-0.3, -0.25) is 9.48 Å². The van der Waals surface area contributed by atoms with E-state index in [0.717, 1.165) is 70.5 Å². The molecule has 1 saturated heterocycles. The van der Waals surface area contributed by atoms with E-state index in [-0.39, 0.29) is 5.91 Å². The first kappa shape index (κ1) is 21.9. The lowest BCUT2D eigenvalue weighted by Gasteiger charge is -2.25. The van der Waals surface area contributed by atoms with Gasteiger partial charge in [-0.2, -0.15) is 5.10 Å². The van der Waals surface area contributed by atoms with Crippen LogP contribution in [0, 0.1) is 0 Å². The van der Waals surface area contributed by atoms with Crippen molar-refractivity contribution in [1.29, 1.82) is 0 Å². The van der Waals surface area contributed by atoms with Crippen molar-refractivity contribution >= 4 is 5.91 Å². The van der Waals surface area contributed by atoms with E-state index < -0.39 is 0 Å². The highest BCUT2D eigenvalue weighted by Gasteiger charge is 2.30. The van der Waals surface area contributed by atoms with Crippen LogP contribution in [-0.4, -0.2) is 53.4 Å². The van der Waals surface area contributed by atoms with Crippen LogP contribution in [0.4, 0.5) is 0 Å². The Morgan fingerprint density at radius 3 is 2.77 bits per heavy atom. The number of fused-ring (bicyclic) bond motifs is 1. The van der Waals surface area contributed by atoms with Crippen molar-refractivity contribution in [3.63, 3.8) is 0 Å². The van der Waals surface area contributed by atoms with Crippen LogP contribution in [0.2, 0.25) is 0 Å². The average Bonchev–Trinajstić information content (AvgIpc) is 2.96. The van der Waals surface area contributed by atoms with Crippen LogP contribution in [-0.2, 0) is 25.8 Å². The largest absolute Gasteiger partial charge is 0.497 e. The highest BCUT2D eigenvalue weighted by Crippen LogP contribution is 2.27. The third kappa shape index (κ3) is 5.12. The third-order valence-corrected chi connectivity index (χ3v) is 6.72. The molecule has 2 aliphatic rings. The second kappa shape index (κ2) is 10.3. The molecule has 31 heavy (non-hydrogen) atoms. The molecule has 0 unspecified atom stereocenters. The molecular formula is C25H36N4O2. The zero-order chi connectivity index (χ0) is 21.6. The highest BCUT2D eigenvalue weighted by atomic mass is 16.5. The Morgan fingerprint density at radius 2 is 2.03 bits per heavy atom. The maximum absolute atomic E-state index is 13.3. The van der Waals surface area contributed by atoms with Gasteiger partial charge in [0, 0.05) is 36.9 Å². The molecule has 0 spiro atoms. The molecule has 1 fully saturated rings. The van der Waals surface area contributed by atoms with Gasteiger partial charge >= 0.3 is 0 Å². The van der Waals surface area contributed by atoms with Crippen LogP contribution < -0.4 is 10.1 Å². The van der Waals surface area contributed by atoms with E-state index in [1.807, 2.05) is 17.0 Å². The van der Waals surface area contributed by atoms with Crippen LogP contribution in [0.15, 0.2) is 24.3 Å². The lowest BCUT2D eigenvalue weighted by atomic mass is 9.91. The zero-order valence-electron chi connectivity index (χ0n) is 19.0. The fourth-order valence-electron chi connectivity index (χ4n) is 4.97. The van der Waals surface area contributed by atoms with Crippen molar-refractivity contribution in [3.8, 4) is 5.75 Å². The van der Waals surface area contributed by atoms with Gasteiger partial charge in [-0.05, 0) is 69.7 Å². The zero-order valence-corrected chi connectivity index (χ0v) is 19.0. The average molecular weight is 425 g/mol. The van der Waals surface area contributed by atoms with Crippen LogP contribution in [0.25, 0.3) is 0 Å². The number of nitrogens with zero attached hydrogens (tertiary/aromatic N) is 3. The molecule has 6 nitrogen and oxygen atoms in total. The minimum absolute atomic E-state index is 0.141. The number of methoxy groups -OCH3 is 1. The summed E-state index contributed by atoms with van der Waals surface area (Å²) in [6, 6.07) is 8.66. The Balaban J connectivity index is 1.42. The van der Waals surface area contributed by atoms with Crippen LogP contribution in [0.3, 0.4) is 0 Å². The number of ether oxygens (including phenoxy) is 1. The van der Waals surface area contributed by atoms with Crippen molar-refractivity contribution < 1.29 is 9.53 Å². The fraction of sp³-hybridized carbons (Fsp3) is 0.600. The van der Waals surface area contributed by atoms with E-state index in [9.17, 15) is 4.79 Å². The highest BCUT2D eigenvalue weighted by molar-refractivity contribution is 5.94. The number of likely N-dealkylation sites (tertiary alicyclic amines) is 1. The van der Waals surface area contributed by atoms with Crippen molar-refractivity contribution in [1.82, 2.24) is 20.0 Å². The van der Waals surface area contributed by atoms with E-state index >= 15 is 0 Å². The van der Waals surface area contributed by atoms with Gasteiger partial charge in [-0.1, -0.05) is 25.0 Å². The molecule has 6 heteroatoms. The topological polar surface area (TPSA) is 59.4 Å². The second-order valence-electron chi connectivity index (χ2n) is 8.79. The Labute approximate surface area is 186 Å². The molecule has 1 aromatic heterocycles. The van der Waals surface area contributed by atoms with Crippen LogP contribution in [0.5, 0.6) is 5.75 Å². The van der Waals surface area contributed by atoms with Gasteiger partial charge in [0.25, 0.3) is 5.91 Å². The summed E-state index contributed by atoms with van der Waals surface area (Å²) < 4.78 is 7.39. The van der Waals surface area contributed by atoms with Gasteiger partial charge in [-0.25, -0.2) is 0 Å². The van der Waals surface area contributed by atoms with Gasteiger partial charge in [0.2, 0.25) is 0 Å². The number of carbonyl (C=O) groups excluding carboxylic acids is 1. The summed E-state index contributed by atoms with van der Waals surface area (Å²) >= 11 is 0. The molecule has 1 atom stereocenters. The lowest BCUT2D eigenvalue weighted by molar-refractivity contribution is 0.0753. The maximum atomic E-state index is 13.3. The van der Waals surface area contributed by atoms with Crippen molar-refractivity contribution in [3.05, 3.63) is 46.8 Å². The summed E-state index contributed by atoms with van der Waals surface area (Å²) in [6.07, 6.45) is 8.61. The third-order valence-electron chi connectivity index (χ3n) is 6.72. The van der Waals surface area contributed by atoms with Gasteiger partial charge in [0.15, 0.2) is 5.69 Å². The molecule has 1 N–H and O–H groups in total. The number of aryl methyl sites for hydroxylation is 1. The first-order chi connectivity index (χ1) is 15.2. The number of nitrogens with one attached hydrogen (secondary N) is 1. The van der Waals surface area contributed by atoms with E-state index in [0.29, 0.717) is 11.7 Å². The first-order valence-corrected chi connectivity index (χ1v) is 11.9. The van der Waals surface area contributed by atoms with Crippen molar-refractivity contribution in [2.24, 2.45) is 0 Å². The minimum Gasteiger partial charge on any atom is -0.497 e. The van der Waals surface area contributed by atoms with Gasteiger partial charge in [0.05, 0.1) is 7.11 Å². The second-order valence-corrected chi connectivity index (χ2v) is 8.79. The standard InChI is InChI=1S/C25H36N4O2/c1-3-29-23-12-11-20(26-14-13-19-9-8-10-21(17-19)31-2)18-22(23)24(27-29)25(30)28-15-6-4-5-7-16-28/h8-10,17,20,26H,3-7,11-16,18H2,1-2H3/t20-/m1/s1. The molecule has 2 heterocycles. The Bertz CT molecular complexity index is 884. The molecule has 1 aliphatic carbocycles. The Hall–Kier alpha value is -2.34. The number of amides is 1. The van der Waals surface area contributed by atoms with Crippen molar-refractivity contribution in [2.75, 3.05) is 26.7 Å². The monoisotopic (exact) mass is 424 g/mol. The SMILES string of the molecule is CCn1nc(C(=O)N2CCCCCC2)c2c1CC[C@@H](NCCc1cccc(OC)c1)C2. The number of hydrogen-bond donors (Lipinski definition) is 1. The quantitative estimate of drug-likeness (QED) is 0.738. The smallest absolute Gasteiger partial charge is 0.274 e. The van der Waals surface area contributed by atoms with Crippen LogP contribution >= 0.6 is 0 Å². The summed E-state index contributed by atoms with van der Waals surface area (Å²) in [7, 11) is 1.71. The van der Waals surface area contributed by atoms with Gasteiger partial charge in [-0.15, -0.1) is 0 Å². The molecule has 168 valence electrons. The molecule has 1 aromatic carbocycles. The molecule has 0 bridgehead atoms. The van der Waals surface area contributed by atoms with E-state index in [1.165, 1.54) is 29.7 Å². The normalized spacial score (nSPS) is 19.0. The molecule has 4 rings (SSSR count). The lowest BCUT2D eigenvalue weighted by Crippen LogP contribution is -2.37. The van der Waals surface area contributed by atoms with Gasteiger partial charge < -0.3 is 15.0 Å². The maximum Gasteiger partial charge on any atom is 0.274 e. The first-order valence-electron chi connectivity index (χ1n) is 11.9. The number of aromatic nitrogens is 2. The predicted molar refractivity (Wildman–Crippen MR) is 123 cm³/mol. The summed E-state index contributed by atoms with van der Waals surface area (Å²) in [5.41, 5.74) is 4.44. The van der Waals surface area contributed by atoms with Crippen LogP contribution in [0.1, 0.15) is 66.3 Å². The van der Waals surface area contributed by atoms with Crippen molar-refractivity contribution in [2.45, 2.75) is 70.9 Å². The Kier molecular flexibility index (Phi) is 7.28. The molecule has 2 aromatic rings. The molecule has 1 amide bonds.